The Morgan fingerprint density at radius 2 is 1.83 bits per heavy atom. The largest absolute Gasteiger partial charge is 0.475 e. The molecule has 0 bridgehead atoms. The van der Waals surface area contributed by atoms with E-state index in [0.717, 1.165) is 4.47 Å². The summed E-state index contributed by atoms with van der Waals surface area (Å²) < 4.78 is 27.1. The second kappa shape index (κ2) is 11.3. The molecule has 1 spiro atoms. The maximum atomic E-state index is 14.7. The van der Waals surface area contributed by atoms with Crippen molar-refractivity contribution in [3.8, 4) is 5.75 Å². The molecule has 0 saturated carbocycles. The highest BCUT2D eigenvalue weighted by Crippen LogP contribution is 2.59. The molecule has 10 heteroatoms. The zero-order chi connectivity index (χ0) is 30.4. The lowest BCUT2D eigenvalue weighted by Crippen LogP contribution is -2.57. The number of ether oxygens (including phenoxy) is 2. The molecule has 3 aromatic rings. The number of fused-ring (bicyclic) bond motifs is 2. The Morgan fingerprint density at radius 3 is 2.52 bits per heavy atom. The number of carbonyl (C=O) groups is 3. The van der Waals surface area contributed by atoms with Crippen LogP contribution in [-0.2, 0) is 24.5 Å². The maximum absolute atomic E-state index is 14.7. The molecule has 2 N–H and O–H groups in total. The second-order valence-corrected chi connectivity index (χ2v) is 12.1. The molecule has 3 unspecified atom stereocenters. The summed E-state index contributed by atoms with van der Waals surface area (Å²) in [6.07, 6.45) is 0.544. The molecular formula is C32H31BrClFN2O5. The number of carbonyl (C=O) groups excluding carboxylic acids is 3. The lowest BCUT2D eigenvalue weighted by atomic mass is 9.59. The highest BCUT2D eigenvalue weighted by atomic mass is 79.9. The van der Waals surface area contributed by atoms with Gasteiger partial charge in [-0.3, -0.25) is 9.59 Å². The number of anilines is 1. The number of piperidine rings is 1. The van der Waals surface area contributed by atoms with Gasteiger partial charge in [0.1, 0.15) is 17.0 Å². The first-order chi connectivity index (χ1) is 20.0. The van der Waals surface area contributed by atoms with Crippen LogP contribution in [0.3, 0.4) is 0 Å². The molecule has 0 radical (unpaired) electrons. The van der Waals surface area contributed by atoms with Gasteiger partial charge in [0.2, 0.25) is 17.4 Å². The van der Waals surface area contributed by atoms with Crippen molar-refractivity contribution < 1.29 is 28.2 Å². The molecule has 7 nitrogen and oxygen atoms in total. The number of benzene rings is 3. The summed E-state index contributed by atoms with van der Waals surface area (Å²) in [5.41, 5.74) is 0.171. The Labute approximate surface area is 257 Å². The van der Waals surface area contributed by atoms with Crippen LogP contribution in [0.25, 0.3) is 0 Å². The Kier molecular flexibility index (Phi) is 8.11. The van der Waals surface area contributed by atoms with Crippen LogP contribution >= 0.6 is 27.5 Å². The summed E-state index contributed by atoms with van der Waals surface area (Å²) in [6, 6.07) is 13.8. The normalized spacial score (nSPS) is 21.5. The zero-order valence-electron chi connectivity index (χ0n) is 23.6. The van der Waals surface area contributed by atoms with Gasteiger partial charge in [-0.1, -0.05) is 53.5 Å². The van der Waals surface area contributed by atoms with E-state index >= 15 is 0 Å². The zero-order valence-corrected chi connectivity index (χ0v) is 26.0. The van der Waals surface area contributed by atoms with Crippen molar-refractivity contribution in [3.63, 3.8) is 0 Å². The van der Waals surface area contributed by atoms with Gasteiger partial charge in [-0.2, -0.15) is 0 Å². The molecule has 0 aliphatic carbocycles. The molecule has 5 rings (SSSR count). The molecule has 2 heterocycles. The number of nitrogens with one attached hydrogen (secondary N) is 2. The fraction of sp³-hybridized carbons (Fsp3) is 0.344. The molecule has 2 amide bonds. The van der Waals surface area contributed by atoms with Crippen LogP contribution in [0.15, 0.2) is 59.1 Å². The summed E-state index contributed by atoms with van der Waals surface area (Å²) in [5, 5.41) is 6.41. The molecular weight excluding hydrogens is 627 g/mol. The average molecular weight is 658 g/mol. The van der Waals surface area contributed by atoms with Crippen LogP contribution in [0.2, 0.25) is 5.02 Å². The van der Waals surface area contributed by atoms with Crippen LogP contribution in [-0.4, -0.2) is 30.5 Å². The van der Waals surface area contributed by atoms with Crippen molar-refractivity contribution in [1.82, 2.24) is 5.32 Å². The minimum absolute atomic E-state index is 0.0893. The number of aryl methyl sites for hydroxylation is 1. The Balaban J connectivity index is 1.81. The van der Waals surface area contributed by atoms with Crippen LogP contribution < -0.4 is 15.4 Å². The average Bonchev–Trinajstić information content (AvgIpc) is 3.25. The topological polar surface area (TPSA) is 93.7 Å². The van der Waals surface area contributed by atoms with Gasteiger partial charge in [0.05, 0.1) is 13.2 Å². The summed E-state index contributed by atoms with van der Waals surface area (Å²) in [7, 11) is 1.30. The summed E-state index contributed by atoms with van der Waals surface area (Å²) in [5.74, 6) is -2.21. The molecule has 2 aliphatic rings. The number of halogens is 3. The van der Waals surface area contributed by atoms with Crippen molar-refractivity contribution in [3.05, 3.63) is 92.2 Å². The van der Waals surface area contributed by atoms with Gasteiger partial charge in [-0.25, -0.2) is 9.18 Å². The van der Waals surface area contributed by atoms with E-state index in [-0.39, 0.29) is 18.2 Å². The van der Waals surface area contributed by atoms with Crippen LogP contribution in [0, 0.1) is 12.7 Å². The van der Waals surface area contributed by atoms with Crippen molar-refractivity contribution >= 4 is 51.0 Å². The van der Waals surface area contributed by atoms with Gasteiger partial charge in [0.15, 0.2) is 0 Å². The second-order valence-electron chi connectivity index (χ2n) is 10.7. The first kappa shape index (κ1) is 30.0. The van der Waals surface area contributed by atoms with E-state index in [0.29, 0.717) is 51.6 Å². The summed E-state index contributed by atoms with van der Waals surface area (Å²) in [6.45, 7) is 5.47. The molecule has 3 aromatic carbocycles. The van der Waals surface area contributed by atoms with Crippen LogP contribution in [0.4, 0.5) is 10.1 Å². The molecule has 3 atom stereocenters. The highest BCUT2D eigenvalue weighted by molar-refractivity contribution is 9.10. The molecule has 1 saturated heterocycles. The number of amides is 2. The van der Waals surface area contributed by atoms with Gasteiger partial charge in [0.25, 0.3) is 0 Å². The van der Waals surface area contributed by atoms with Crippen molar-refractivity contribution in [1.29, 1.82) is 0 Å². The first-order valence-electron chi connectivity index (χ1n) is 13.7. The SMILES string of the molecule is CCC(CC)(Oc1ccc(Cl)cc1C1CC(=O)NC(c2cc(F)ccc2C)C12C(=O)Nc1cc(Br)ccc12)C(=O)OC. The van der Waals surface area contributed by atoms with E-state index in [1.165, 1.54) is 19.2 Å². The van der Waals surface area contributed by atoms with E-state index in [4.69, 9.17) is 21.1 Å². The van der Waals surface area contributed by atoms with E-state index in [1.807, 2.05) is 32.9 Å². The van der Waals surface area contributed by atoms with Gasteiger partial charge in [-0.15, -0.1) is 0 Å². The van der Waals surface area contributed by atoms with Crippen molar-refractivity contribution in [2.75, 3.05) is 12.4 Å². The Hall–Kier alpha value is -3.43. The molecule has 220 valence electrons. The quantitative estimate of drug-likeness (QED) is 0.270. The predicted octanol–water partition coefficient (Wildman–Crippen LogP) is 6.90. The number of hydrogen-bond acceptors (Lipinski definition) is 5. The minimum Gasteiger partial charge on any atom is -0.475 e. The molecule has 42 heavy (non-hydrogen) atoms. The fourth-order valence-corrected chi connectivity index (χ4v) is 6.99. The molecule has 1 fully saturated rings. The van der Waals surface area contributed by atoms with E-state index in [9.17, 15) is 18.8 Å². The Bertz CT molecular complexity index is 1590. The first-order valence-corrected chi connectivity index (χ1v) is 14.9. The number of esters is 1. The van der Waals surface area contributed by atoms with E-state index in [2.05, 4.69) is 26.6 Å². The number of methoxy groups -OCH3 is 1. The monoisotopic (exact) mass is 656 g/mol. The minimum atomic E-state index is -1.42. The van der Waals surface area contributed by atoms with E-state index in [1.54, 1.807) is 30.3 Å². The summed E-state index contributed by atoms with van der Waals surface area (Å²) in [4.78, 5) is 40.9. The van der Waals surface area contributed by atoms with Crippen LogP contribution in [0.5, 0.6) is 5.75 Å². The molecule has 0 aromatic heterocycles. The van der Waals surface area contributed by atoms with Crippen molar-refractivity contribution in [2.24, 2.45) is 0 Å². The third kappa shape index (κ3) is 4.76. The van der Waals surface area contributed by atoms with Gasteiger partial charge in [0, 0.05) is 33.1 Å². The standard InChI is InChI=1S/C32H31BrClFN2O5/c1-5-31(6-2,30(40)41-4)42-26-12-9-19(34)14-22(26)24-16-27(38)37-28(21-15-20(35)10-7-17(21)3)32(24)23-11-8-18(33)13-25(23)36-29(32)39/h7-15,24,28H,5-6,16H2,1-4H3,(H,36,39)(H,37,38). The van der Waals surface area contributed by atoms with Crippen LogP contribution in [0.1, 0.15) is 67.3 Å². The lowest BCUT2D eigenvalue weighted by molar-refractivity contribution is -0.160. The van der Waals surface area contributed by atoms with E-state index < -0.39 is 34.8 Å². The fourth-order valence-electron chi connectivity index (χ4n) is 6.45. The Morgan fingerprint density at radius 1 is 1.10 bits per heavy atom. The van der Waals surface area contributed by atoms with Crippen molar-refractivity contribution in [2.45, 2.75) is 63.0 Å². The van der Waals surface area contributed by atoms with Gasteiger partial charge >= 0.3 is 5.97 Å². The number of rotatable bonds is 7. The highest BCUT2D eigenvalue weighted by Gasteiger charge is 2.62. The number of hydrogen-bond donors (Lipinski definition) is 2. The maximum Gasteiger partial charge on any atom is 0.350 e. The summed E-state index contributed by atoms with van der Waals surface area (Å²) >= 11 is 10.0. The third-order valence-electron chi connectivity index (χ3n) is 8.66. The molecule has 2 aliphatic heterocycles. The lowest BCUT2D eigenvalue weighted by Gasteiger charge is -2.47. The third-order valence-corrected chi connectivity index (χ3v) is 9.38. The smallest absolute Gasteiger partial charge is 0.350 e. The van der Waals surface area contributed by atoms with Gasteiger partial charge in [-0.05, 0) is 78.9 Å². The predicted molar refractivity (Wildman–Crippen MR) is 161 cm³/mol. The van der Waals surface area contributed by atoms with Gasteiger partial charge < -0.3 is 20.1 Å².